The highest BCUT2D eigenvalue weighted by molar-refractivity contribution is 5.84. The van der Waals surface area contributed by atoms with Crippen LogP contribution in [0.15, 0.2) is 0 Å². The molecule has 0 amide bonds. The molecule has 3 aromatic rings. The van der Waals surface area contributed by atoms with Crippen molar-refractivity contribution in [1.29, 1.82) is 0 Å². The summed E-state index contributed by atoms with van der Waals surface area (Å²) < 4.78 is 0. The van der Waals surface area contributed by atoms with Crippen molar-refractivity contribution in [1.82, 2.24) is 15.0 Å². The molecule has 0 spiro atoms. The fraction of sp³-hybridized carbons (Fsp3) is 0.364. The van der Waals surface area contributed by atoms with E-state index in [9.17, 15) is 9.59 Å². The molecule has 0 aliphatic carbocycles. The Kier molecular flexibility index (Phi) is 4.96. The maximum atomic E-state index is 11.4. The molecule has 27 heavy (non-hydrogen) atoms. The molecule has 5 nitrogen and oxygen atoms in total. The van der Waals surface area contributed by atoms with Crippen LogP contribution in [0.2, 0.25) is 0 Å². The third kappa shape index (κ3) is 2.78. The van der Waals surface area contributed by atoms with Crippen molar-refractivity contribution in [2.24, 2.45) is 0 Å². The summed E-state index contributed by atoms with van der Waals surface area (Å²) in [6.07, 6.45) is 3.39. The summed E-state index contributed by atoms with van der Waals surface area (Å²) in [4.78, 5) is 33.0. The van der Waals surface area contributed by atoms with Gasteiger partial charge in [0.1, 0.15) is 0 Å². The Morgan fingerprint density at radius 2 is 0.926 bits per heavy atom. The lowest BCUT2D eigenvalue weighted by molar-refractivity contribution is 0.111. The normalized spacial score (nSPS) is 11.2. The van der Waals surface area contributed by atoms with E-state index in [1.54, 1.807) is 0 Å². The minimum absolute atomic E-state index is 0.644. The summed E-state index contributed by atoms with van der Waals surface area (Å²) in [6, 6.07) is 0. The van der Waals surface area contributed by atoms with Gasteiger partial charge in [-0.25, -0.2) is 0 Å². The molecule has 0 atom stereocenters. The van der Waals surface area contributed by atoms with Crippen LogP contribution in [-0.4, -0.2) is 27.5 Å². The topological polar surface area (TPSA) is 81.5 Å². The molecule has 0 saturated carbocycles. The standard InChI is InChI=1S/C22H27N3O2/c1-7-15-13(5)21(23-17(15)9-26)19-11(3)12(4)20(25-19)22-14(6)16(8-2)18(10-27)24-22/h9-10,23-25H,7-8H2,1-6H3. The van der Waals surface area contributed by atoms with Crippen LogP contribution in [0.5, 0.6) is 0 Å². The molecule has 0 aromatic carbocycles. The lowest BCUT2D eigenvalue weighted by Crippen LogP contribution is -1.87. The fourth-order valence-electron chi connectivity index (χ4n) is 4.11. The van der Waals surface area contributed by atoms with Gasteiger partial charge >= 0.3 is 0 Å². The van der Waals surface area contributed by atoms with Crippen LogP contribution in [0.3, 0.4) is 0 Å². The lowest BCUT2D eigenvalue weighted by Gasteiger charge is -2.02. The summed E-state index contributed by atoms with van der Waals surface area (Å²) in [5.41, 5.74) is 11.8. The number of H-pyrrole nitrogens is 3. The highest BCUT2D eigenvalue weighted by Crippen LogP contribution is 2.37. The molecule has 0 radical (unpaired) electrons. The zero-order valence-corrected chi connectivity index (χ0v) is 16.9. The van der Waals surface area contributed by atoms with E-state index in [1.807, 2.05) is 13.8 Å². The molecule has 3 N–H and O–H groups in total. The summed E-state index contributed by atoms with van der Waals surface area (Å²) in [6.45, 7) is 12.4. The zero-order chi connectivity index (χ0) is 19.9. The van der Waals surface area contributed by atoms with E-state index < -0.39 is 0 Å². The van der Waals surface area contributed by atoms with Gasteiger partial charge in [-0.1, -0.05) is 13.8 Å². The number of aldehydes is 2. The maximum Gasteiger partial charge on any atom is 0.166 e. The molecule has 0 unspecified atom stereocenters. The van der Waals surface area contributed by atoms with Crippen molar-refractivity contribution in [3.8, 4) is 22.8 Å². The van der Waals surface area contributed by atoms with E-state index in [0.717, 1.165) is 81.6 Å². The molecule has 3 aromatic heterocycles. The zero-order valence-electron chi connectivity index (χ0n) is 16.9. The average molecular weight is 365 g/mol. The molecule has 3 heterocycles. The predicted molar refractivity (Wildman–Crippen MR) is 109 cm³/mol. The summed E-state index contributed by atoms with van der Waals surface area (Å²) in [5, 5.41) is 0. The maximum absolute atomic E-state index is 11.4. The third-order valence-corrected chi connectivity index (χ3v) is 5.83. The first kappa shape index (κ1) is 19.0. The van der Waals surface area contributed by atoms with Gasteiger partial charge in [0, 0.05) is 0 Å². The van der Waals surface area contributed by atoms with Gasteiger partial charge in [-0.05, 0) is 73.9 Å². The van der Waals surface area contributed by atoms with E-state index >= 15 is 0 Å². The Labute approximate surface area is 159 Å². The van der Waals surface area contributed by atoms with Crippen LogP contribution in [0.4, 0.5) is 0 Å². The van der Waals surface area contributed by atoms with E-state index in [-0.39, 0.29) is 0 Å². The number of aromatic amines is 3. The van der Waals surface area contributed by atoms with Crippen molar-refractivity contribution in [3.63, 3.8) is 0 Å². The van der Waals surface area contributed by atoms with Gasteiger partial charge in [-0.3, -0.25) is 9.59 Å². The SMILES string of the molecule is CCc1c(C=O)[nH]c(-c2[nH]c(-c3[nH]c(C=O)c(CC)c3C)c(C)c2C)c1C. The van der Waals surface area contributed by atoms with Crippen LogP contribution in [0.25, 0.3) is 22.8 Å². The largest absolute Gasteiger partial charge is 0.352 e. The summed E-state index contributed by atoms with van der Waals surface area (Å²) in [7, 11) is 0. The number of hydrogen-bond donors (Lipinski definition) is 3. The quantitative estimate of drug-likeness (QED) is 0.538. The van der Waals surface area contributed by atoms with Gasteiger partial charge in [-0.15, -0.1) is 0 Å². The third-order valence-electron chi connectivity index (χ3n) is 5.83. The Morgan fingerprint density at radius 3 is 1.19 bits per heavy atom. The number of carbonyl (C=O) groups excluding carboxylic acids is 2. The summed E-state index contributed by atoms with van der Waals surface area (Å²) >= 11 is 0. The minimum atomic E-state index is 0.644. The van der Waals surface area contributed by atoms with Crippen LogP contribution in [0, 0.1) is 27.7 Å². The van der Waals surface area contributed by atoms with E-state index in [4.69, 9.17) is 0 Å². The Bertz CT molecular complexity index is 950. The Hall–Kier alpha value is -2.82. The summed E-state index contributed by atoms with van der Waals surface area (Å²) in [5.74, 6) is 0. The van der Waals surface area contributed by atoms with Crippen LogP contribution >= 0.6 is 0 Å². The first-order chi connectivity index (χ1) is 12.9. The number of nitrogens with one attached hydrogen (secondary N) is 3. The number of carbonyl (C=O) groups is 2. The lowest BCUT2D eigenvalue weighted by atomic mass is 10.0. The number of rotatable bonds is 6. The molecular formula is C22H27N3O2. The molecule has 3 rings (SSSR count). The first-order valence-electron chi connectivity index (χ1n) is 9.42. The molecule has 0 bridgehead atoms. The smallest absolute Gasteiger partial charge is 0.166 e. The van der Waals surface area contributed by atoms with Gasteiger partial charge in [0.25, 0.3) is 0 Å². The number of hydrogen-bond acceptors (Lipinski definition) is 2. The van der Waals surface area contributed by atoms with E-state index in [1.165, 1.54) is 0 Å². The minimum Gasteiger partial charge on any atom is -0.352 e. The van der Waals surface area contributed by atoms with Gasteiger partial charge in [0.15, 0.2) is 12.6 Å². The Morgan fingerprint density at radius 1 is 0.593 bits per heavy atom. The highest BCUT2D eigenvalue weighted by Gasteiger charge is 2.22. The molecular weight excluding hydrogens is 338 g/mol. The van der Waals surface area contributed by atoms with E-state index in [2.05, 4.69) is 42.6 Å². The highest BCUT2D eigenvalue weighted by atomic mass is 16.1. The van der Waals surface area contributed by atoms with Crippen LogP contribution in [0.1, 0.15) is 68.2 Å². The van der Waals surface area contributed by atoms with Gasteiger partial charge < -0.3 is 15.0 Å². The van der Waals surface area contributed by atoms with Gasteiger partial charge in [-0.2, -0.15) is 0 Å². The molecule has 5 heteroatoms. The van der Waals surface area contributed by atoms with Crippen molar-refractivity contribution < 1.29 is 9.59 Å². The molecule has 0 fully saturated rings. The second-order valence-electron chi connectivity index (χ2n) is 7.10. The van der Waals surface area contributed by atoms with Crippen molar-refractivity contribution in [2.75, 3.05) is 0 Å². The average Bonchev–Trinajstić information content (AvgIpc) is 3.26. The monoisotopic (exact) mass is 365 g/mol. The predicted octanol–water partition coefficient (Wildman–Crippen LogP) is 4.99. The first-order valence-corrected chi connectivity index (χ1v) is 9.42. The molecule has 142 valence electrons. The van der Waals surface area contributed by atoms with Crippen molar-refractivity contribution >= 4 is 12.6 Å². The second-order valence-corrected chi connectivity index (χ2v) is 7.10. The fourth-order valence-corrected chi connectivity index (χ4v) is 4.11. The molecule has 0 aliphatic heterocycles. The number of aromatic nitrogens is 3. The van der Waals surface area contributed by atoms with Gasteiger partial charge in [0.2, 0.25) is 0 Å². The van der Waals surface area contributed by atoms with E-state index in [0.29, 0.717) is 11.4 Å². The Balaban J connectivity index is 2.22. The molecule has 0 saturated heterocycles. The van der Waals surface area contributed by atoms with Crippen LogP contribution in [-0.2, 0) is 12.8 Å². The van der Waals surface area contributed by atoms with Crippen LogP contribution < -0.4 is 0 Å². The molecule has 0 aliphatic rings. The second kappa shape index (κ2) is 7.06. The van der Waals surface area contributed by atoms with Gasteiger partial charge in [0.05, 0.1) is 34.2 Å². The van der Waals surface area contributed by atoms with Crippen molar-refractivity contribution in [2.45, 2.75) is 54.4 Å². The van der Waals surface area contributed by atoms with Crippen molar-refractivity contribution in [3.05, 3.63) is 44.8 Å².